The summed E-state index contributed by atoms with van der Waals surface area (Å²) < 4.78 is 1.17. The Balaban J connectivity index is 1.92. The molecular formula is C13H20N4O2. The van der Waals surface area contributed by atoms with E-state index in [1.165, 1.54) is 10.7 Å². The third kappa shape index (κ3) is 4.39. The summed E-state index contributed by atoms with van der Waals surface area (Å²) in [6, 6.07) is 1.97. The molecule has 1 amide bonds. The van der Waals surface area contributed by atoms with Crippen LogP contribution in [0.2, 0.25) is 0 Å². The molecule has 1 aliphatic rings. The second-order valence-electron chi connectivity index (χ2n) is 5.36. The van der Waals surface area contributed by atoms with Gasteiger partial charge in [0.1, 0.15) is 6.54 Å². The Morgan fingerprint density at radius 1 is 1.53 bits per heavy atom. The molecule has 0 saturated heterocycles. The highest BCUT2D eigenvalue weighted by molar-refractivity contribution is 5.75. The van der Waals surface area contributed by atoms with Gasteiger partial charge < -0.3 is 10.6 Å². The van der Waals surface area contributed by atoms with E-state index in [4.69, 9.17) is 0 Å². The first-order valence-corrected chi connectivity index (χ1v) is 6.65. The molecule has 0 unspecified atom stereocenters. The zero-order valence-electron chi connectivity index (χ0n) is 11.3. The van der Waals surface area contributed by atoms with Crippen molar-refractivity contribution in [3.63, 3.8) is 0 Å². The Kier molecular flexibility index (Phi) is 4.19. The zero-order chi connectivity index (χ0) is 13.8. The first kappa shape index (κ1) is 13.6. The molecule has 6 heteroatoms. The lowest BCUT2D eigenvalue weighted by atomic mass is 10.2. The van der Waals surface area contributed by atoms with Crippen molar-refractivity contribution in [2.75, 3.05) is 11.9 Å². The van der Waals surface area contributed by atoms with Crippen molar-refractivity contribution in [2.24, 2.45) is 5.92 Å². The maximum atomic E-state index is 11.8. The predicted octanol–water partition coefficient (Wildman–Crippen LogP) is 0.590. The lowest BCUT2D eigenvalue weighted by Crippen LogP contribution is -2.35. The van der Waals surface area contributed by atoms with Gasteiger partial charge in [-0.3, -0.25) is 9.59 Å². The number of hydrogen-bond acceptors (Lipinski definition) is 4. The minimum atomic E-state index is -0.259. The van der Waals surface area contributed by atoms with E-state index in [9.17, 15) is 9.59 Å². The van der Waals surface area contributed by atoms with Gasteiger partial charge in [0.15, 0.2) is 0 Å². The van der Waals surface area contributed by atoms with Crippen LogP contribution in [0, 0.1) is 5.92 Å². The van der Waals surface area contributed by atoms with Crippen molar-refractivity contribution in [3.8, 4) is 0 Å². The van der Waals surface area contributed by atoms with Crippen molar-refractivity contribution in [3.05, 3.63) is 22.6 Å². The Labute approximate surface area is 112 Å². The Morgan fingerprint density at radius 2 is 2.26 bits per heavy atom. The van der Waals surface area contributed by atoms with Gasteiger partial charge in [0.25, 0.3) is 5.56 Å². The molecular weight excluding hydrogens is 244 g/mol. The van der Waals surface area contributed by atoms with Gasteiger partial charge in [-0.15, -0.1) is 0 Å². The van der Waals surface area contributed by atoms with Gasteiger partial charge in [0.2, 0.25) is 5.91 Å². The average Bonchev–Trinajstić information content (AvgIpc) is 3.14. The fourth-order valence-corrected chi connectivity index (χ4v) is 1.60. The fourth-order valence-electron chi connectivity index (χ4n) is 1.60. The summed E-state index contributed by atoms with van der Waals surface area (Å²) in [6.45, 7) is 4.61. The summed E-state index contributed by atoms with van der Waals surface area (Å²) in [5, 5.41) is 9.97. The third-order valence-corrected chi connectivity index (χ3v) is 2.82. The molecule has 0 aromatic carbocycles. The number of carbonyl (C=O) groups is 1. The van der Waals surface area contributed by atoms with Crippen LogP contribution in [-0.4, -0.2) is 28.3 Å². The second-order valence-corrected chi connectivity index (χ2v) is 5.36. The molecule has 1 aromatic rings. The summed E-state index contributed by atoms with van der Waals surface area (Å²) in [6.07, 6.45) is 3.87. The number of amides is 1. The molecule has 0 aliphatic heterocycles. The highest BCUT2D eigenvalue weighted by Crippen LogP contribution is 2.23. The fraction of sp³-hybridized carbons (Fsp3) is 0.615. The Morgan fingerprint density at radius 3 is 2.84 bits per heavy atom. The molecule has 1 fully saturated rings. The number of nitrogens with one attached hydrogen (secondary N) is 2. The number of rotatable bonds is 6. The normalized spacial score (nSPS) is 14.5. The van der Waals surface area contributed by atoms with Gasteiger partial charge in [0.05, 0.1) is 11.9 Å². The predicted molar refractivity (Wildman–Crippen MR) is 73.0 cm³/mol. The van der Waals surface area contributed by atoms with Gasteiger partial charge in [-0.1, -0.05) is 13.8 Å². The highest BCUT2D eigenvalue weighted by Gasteiger charge is 2.21. The molecule has 1 aliphatic carbocycles. The maximum Gasteiger partial charge on any atom is 0.269 e. The zero-order valence-corrected chi connectivity index (χ0v) is 11.3. The van der Waals surface area contributed by atoms with Crippen LogP contribution < -0.4 is 16.2 Å². The first-order chi connectivity index (χ1) is 9.04. The van der Waals surface area contributed by atoms with Gasteiger partial charge in [-0.25, -0.2) is 4.68 Å². The molecule has 2 rings (SSSR count). The molecule has 0 radical (unpaired) electrons. The third-order valence-electron chi connectivity index (χ3n) is 2.82. The smallest absolute Gasteiger partial charge is 0.269 e. The van der Waals surface area contributed by atoms with Crippen LogP contribution in [0.25, 0.3) is 0 Å². The lowest BCUT2D eigenvalue weighted by molar-refractivity contribution is -0.122. The quantitative estimate of drug-likeness (QED) is 0.788. The highest BCUT2D eigenvalue weighted by atomic mass is 16.2. The Bertz CT molecular complexity index is 506. The van der Waals surface area contributed by atoms with Crippen LogP contribution >= 0.6 is 0 Å². The van der Waals surface area contributed by atoms with E-state index in [2.05, 4.69) is 15.7 Å². The SMILES string of the molecule is CC(C)CNC(=O)Cn1ncc(NC2CC2)cc1=O. The molecule has 6 nitrogen and oxygen atoms in total. The molecule has 0 atom stereocenters. The first-order valence-electron chi connectivity index (χ1n) is 6.65. The van der Waals surface area contributed by atoms with Crippen LogP contribution in [0.5, 0.6) is 0 Å². The number of anilines is 1. The number of aromatic nitrogens is 2. The van der Waals surface area contributed by atoms with E-state index < -0.39 is 0 Å². The number of nitrogens with zero attached hydrogens (tertiary/aromatic N) is 2. The van der Waals surface area contributed by atoms with Gasteiger partial charge in [-0.2, -0.15) is 5.10 Å². The van der Waals surface area contributed by atoms with E-state index in [-0.39, 0.29) is 18.0 Å². The molecule has 1 aromatic heterocycles. The Hall–Kier alpha value is -1.85. The molecule has 0 bridgehead atoms. The summed E-state index contributed by atoms with van der Waals surface area (Å²) in [5.41, 5.74) is 0.469. The monoisotopic (exact) mass is 264 g/mol. The second kappa shape index (κ2) is 5.86. The minimum absolute atomic E-state index is 0.0325. The minimum Gasteiger partial charge on any atom is -0.381 e. The van der Waals surface area contributed by atoms with Crippen molar-refractivity contribution in [1.29, 1.82) is 0 Å². The van der Waals surface area contributed by atoms with Crippen LogP contribution in [0.4, 0.5) is 5.69 Å². The summed E-state index contributed by atoms with van der Waals surface area (Å²) in [5.74, 6) is 0.199. The van der Waals surface area contributed by atoms with E-state index in [0.29, 0.717) is 18.5 Å². The van der Waals surface area contributed by atoms with E-state index >= 15 is 0 Å². The van der Waals surface area contributed by atoms with Crippen LogP contribution in [0.3, 0.4) is 0 Å². The van der Waals surface area contributed by atoms with Gasteiger partial charge in [-0.05, 0) is 18.8 Å². The summed E-state index contributed by atoms with van der Waals surface area (Å²) >= 11 is 0. The van der Waals surface area contributed by atoms with E-state index in [0.717, 1.165) is 18.5 Å². The average molecular weight is 264 g/mol. The topological polar surface area (TPSA) is 76.0 Å². The van der Waals surface area contributed by atoms with Crippen molar-refractivity contribution in [1.82, 2.24) is 15.1 Å². The summed E-state index contributed by atoms with van der Waals surface area (Å²) in [4.78, 5) is 23.4. The van der Waals surface area contributed by atoms with E-state index in [1.807, 2.05) is 13.8 Å². The molecule has 1 heterocycles. The molecule has 104 valence electrons. The van der Waals surface area contributed by atoms with Crippen LogP contribution in [0.15, 0.2) is 17.1 Å². The standard InChI is InChI=1S/C13H20N4O2/c1-9(2)6-14-12(18)8-17-13(19)5-11(7-15-17)16-10-3-4-10/h5,7,9-10,16H,3-4,6,8H2,1-2H3,(H,14,18). The van der Waals surface area contributed by atoms with Crippen molar-refractivity contribution < 1.29 is 4.79 Å². The molecule has 19 heavy (non-hydrogen) atoms. The molecule has 1 saturated carbocycles. The largest absolute Gasteiger partial charge is 0.381 e. The number of hydrogen-bond donors (Lipinski definition) is 2. The van der Waals surface area contributed by atoms with Gasteiger partial charge >= 0.3 is 0 Å². The van der Waals surface area contributed by atoms with Gasteiger partial charge in [0, 0.05) is 18.7 Å². The van der Waals surface area contributed by atoms with Crippen LogP contribution in [-0.2, 0) is 11.3 Å². The van der Waals surface area contributed by atoms with Crippen molar-refractivity contribution >= 4 is 11.6 Å². The maximum absolute atomic E-state index is 11.8. The van der Waals surface area contributed by atoms with Crippen molar-refractivity contribution in [2.45, 2.75) is 39.3 Å². The summed E-state index contributed by atoms with van der Waals surface area (Å²) in [7, 11) is 0. The van der Waals surface area contributed by atoms with E-state index in [1.54, 1.807) is 6.20 Å². The number of carbonyl (C=O) groups excluding carboxylic acids is 1. The lowest BCUT2D eigenvalue weighted by Gasteiger charge is -2.09. The molecule has 2 N–H and O–H groups in total. The molecule has 0 spiro atoms. The van der Waals surface area contributed by atoms with Crippen LogP contribution in [0.1, 0.15) is 26.7 Å².